The number of allylic oxidation sites excluding steroid dienone is 1. The van der Waals surface area contributed by atoms with E-state index in [-0.39, 0.29) is 11.4 Å². The first-order valence-corrected chi connectivity index (χ1v) is 3.89. The third-order valence-corrected chi connectivity index (χ3v) is 1.88. The van der Waals surface area contributed by atoms with E-state index in [0.29, 0.717) is 5.56 Å². The fraction of sp³-hybridized carbons (Fsp3) is 0. The maximum atomic E-state index is 7.55. The van der Waals surface area contributed by atoms with Crippen LogP contribution in [0.5, 0.6) is 0 Å². The zero-order valence-corrected chi connectivity index (χ0v) is 7.44. The van der Waals surface area contributed by atoms with Crippen LogP contribution in [0.25, 0.3) is 0 Å². The van der Waals surface area contributed by atoms with Gasteiger partial charge in [0.25, 0.3) is 0 Å². The van der Waals surface area contributed by atoms with Gasteiger partial charge in [0, 0.05) is 10.5 Å². The van der Waals surface area contributed by atoms with Gasteiger partial charge in [-0.1, -0.05) is 24.8 Å². The van der Waals surface area contributed by atoms with Gasteiger partial charge < -0.3 is 5.73 Å². The fourth-order valence-corrected chi connectivity index (χ4v) is 1.13. The SMILES string of the molecule is C=C(N)C(=N)c1ccccc1S. The van der Waals surface area contributed by atoms with Crippen LogP contribution in [0, 0.1) is 5.41 Å². The third-order valence-electron chi connectivity index (χ3n) is 1.49. The van der Waals surface area contributed by atoms with Crippen molar-refractivity contribution in [2.45, 2.75) is 4.90 Å². The molecule has 0 heterocycles. The van der Waals surface area contributed by atoms with Gasteiger partial charge in [-0.05, 0) is 6.07 Å². The van der Waals surface area contributed by atoms with E-state index in [4.69, 9.17) is 11.1 Å². The summed E-state index contributed by atoms with van der Waals surface area (Å²) in [4.78, 5) is 0.745. The lowest BCUT2D eigenvalue weighted by molar-refractivity contribution is 1.34. The van der Waals surface area contributed by atoms with Crippen LogP contribution in [-0.2, 0) is 0 Å². The Hall–Kier alpha value is -1.22. The molecule has 3 heteroatoms. The molecule has 0 aromatic heterocycles. The summed E-state index contributed by atoms with van der Waals surface area (Å²) in [6.45, 7) is 3.49. The highest BCUT2D eigenvalue weighted by molar-refractivity contribution is 7.80. The van der Waals surface area contributed by atoms with Crippen molar-refractivity contribution in [2.75, 3.05) is 0 Å². The Morgan fingerprint density at radius 2 is 2.00 bits per heavy atom. The molecule has 0 aliphatic carbocycles. The first kappa shape index (κ1) is 8.87. The molecule has 0 fully saturated rings. The molecule has 0 bridgehead atoms. The average molecular weight is 178 g/mol. The predicted octanol–water partition coefficient (Wildman–Crippen LogP) is 1.82. The van der Waals surface area contributed by atoms with Crippen molar-refractivity contribution in [3.05, 3.63) is 42.1 Å². The van der Waals surface area contributed by atoms with E-state index in [9.17, 15) is 0 Å². The topological polar surface area (TPSA) is 49.9 Å². The fourth-order valence-electron chi connectivity index (χ4n) is 0.858. The second-order valence-corrected chi connectivity index (χ2v) is 2.90. The highest BCUT2D eigenvalue weighted by Crippen LogP contribution is 2.14. The van der Waals surface area contributed by atoms with Crippen molar-refractivity contribution in [1.29, 1.82) is 5.41 Å². The number of thiol groups is 1. The monoisotopic (exact) mass is 178 g/mol. The number of rotatable bonds is 2. The van der Waals surface area contributed by atoms with Gasteiger partial charge in [-0.25, -0.2) is 0 Å². The van der Waals surface area contributed by atoms with E-state index < -0.39 is 0 Å². The van der Waals surface area contributed by atoms with E-state index in [1.807, 2.05) is 18.2 Å². The van der Waals surface area contributed by atoms with Crippen LogP contribution >= 0.6 is 12.6 Å². The van der Waals surface area contributed by atoms with E-state index in [2.05, 4.69) is 19.2 Å². The molecule has 1 aromatic rings. The Bertz CT molecular complexity index is 331. The molecule has 0 saturated heterocycles. The number of hydrogen-bond acceptors (Lipinski definition) is 3. The lowest BCUT2D eigenvalue weighted by Crippen LogP contribution is -2.10. The molecule has 0 unspecified atom stereocenters. The highest BCUT2D eigenvalue weighted by Gasteiger charge is 2.04. The summed E-state index contributed by atoms with van der Waals surface area (Å²) >= 11 is 4.19. The van der Waals surface area contributed by atoms with Gasteiger partial charge in [-0.3, -0.25) is 5.41 Å². The zero-order valence-electron chi connectivity index (χ0n) is 6.54. The van der Waals surface area contributed by atoms with Gasteiger partial charge >= 0.3 is 0 Å². The Kier molecular flexibility index (Phi) is 2.55. The number of hydrogen-bond donors (Lipinski definition) is 3. The molecule has 0 spiro atoms. The van der Waals surface area contributed by atoms with E-state index in [1.165, 1.54) is 0 Å². The number of benzene rings is 1. The van der Waals surface area contributed by atoms with Crippen LogP contribution in [0.1, 0.15) is 5.56 Å². The zero-order chi connectivity index (χ0) is 9.14. The predicted molar refractivity (Wildman–Crippen MR) is 53.9 cm³/mol. The van der Waals surface area contributed by atoms with Crippen LogP contribution in [0.15, 0.2) is 41.4 Å². The van der Waals surface area contributed by atoms with Crippen molar-refractivity contribution in [3.8, 4) is 0 Å². The largest absolute Gasteiger partial charge is 0.397 e. The summed E-state index contributed by atoms with van der Waals surface area (Å²) in [6, 6.07) is 7.31. The molecular weight excluding hydrogens is 168 g/mol. The first-order chi connectivity index (χ1) is 5.63. The molecule has 2 nitrogen and oxygen atoms in total. The van der Waals surface area contributed by atoms with Crippen LogP contribution in [0.3, 0.4) is 0 Å². The molecule has 1 rings (SSSR count). The van der Waals surface area contributed by atoms with Crippen molar-refractivity contribution in [2.24, 2.45) is 5.73 Å². The summed E-state index contributed by atoms with van der Waals surface area (Å²) in [7, 11) is 0. The Morgan fingerprint density at radius 1 is 1.42 bits per heavy atom. The minimum Gasteiger partial charge on any atom is -0.397 e. The third kappa shape index (κ3) is 1.68. The Morgan fingerprint density at radius 3 is 2.50 bits per heavy atom. The van der Waals surface area contributed by atoms with Crippen molar-refractivity contribution in [3.63, 3.8) is 0 Å². The van der Waals surface area contributed by atoms with Crippen molar-refractivity contribution >= 4 is 18.3 Å². The van der Waals surface area contributed by atoms with Crippen LogP contribution < -0.4 is 5.73 Å². The van der Waals surface area contributed by atoms with Crippen molar-refractivity contribution in [1.82, 2.24) is 0 Å². The Labute approximate surface area is 77.0 Å². The van der Waals surface area contributed by atoms with E-state index in [0.717, 1.165) is 4.90 Å². The van der Waals surface area contributed by atoms with Crippen LogP contribution in [0.4, 0.5) is 0 Å². The summed E-state index contributed by atoms with van der Waals surface area (Å²) in [6.07, 6.45) is 0. The van der Waals surface area contributed by atoms with Crippen LogP contribution in [0.2, 0.25) is 0 Å². The lowest BCUT2D eigenvalue weighted by Gasteiger charge is -2.04. The molecule has 3 N–H and O–H groups in total. The standard InChI is InChI=1S/C9H10N2S/c1-6(10)9(11)7-4-2-3-5-8(7)12/h2-5,11-12H,1,10H2. The van der Waals surface area contributed by atoms with E-state index in [1.54, 1.807) is 6.07 Å². The normalized spacial score (nSPS) is 9.42. The van der Waals surface area contributed by atoms with Gasteiger partial charge in [-0.15, -0.1) is 12.6 Å². The number of nitrogens with two attached hydrogens (primary N) is 1. The molecule has 0 atom stereocenters. The van der Waals surface area contributed by atoms with Gasteiger partial charge in [-0.2, -0.15) is 0 Å². The Balaban J connectivity index is 3.11. The minimum absolute atomic E-state index is 0.237. The first-order valence-electron chi connectivity index (χ1n) is 3.44. The molecule has 0 aliphatic rings. The maximum Gasteiger partial charge on any atom is 0.0846 e. The maximum absolute atomic E-state index is 7.55. The van der Waals surface area contributed by atoms with Gasteiger partial charge in [0.1, 0.15) is 0 Å². The minimum atomic E-state index is 0.237. The molecular formula is C9H10N2S. The van der Waals surface area contributed by atoms with Gasteiger partial charge in [0.05, 0.1) is 11.4 Å². The molecule has 0 aliphatic heterocycles. The molecule has 62 valence electrons. The van der Waals surface area contributed by atoms with Crippen LogP contribution in [-0.4, -0.2) is 5.71 Å². The van der Waals surface area contributed by atoms with Gasteiger partial charge in [0.2, 0.25) is 0 Å². The molecule has 12 heavy (non-hydrogen) atoms. The summed E-state index contributed by atoms with van der Waals surface area (Å²) < 4.78 is 0. The smallest absolute Gasteiger partial charge is 0.0846 e. The molecule has 1 aromatic carbocycles. The molecule has 0 amide bonds. The summed E-state index contributed by atoms with van der Waals surface area (Å²) in [5.41, 5.74) is 6.60. The van der Waals surface area contributed by atoms with Gasteiger partial charge in [0.15, 0.2) is 0 Å². The molecule has 0 saturated carbocycles. The quantitative estimate of drug-likeness (QED) is 0.469. The second kappa shape index (κ2) is 3.45. The summed E-state index contributed by atoms with van der Waals surface area (Å²) in [5.74, 6) is 0. The number of nitrogens with one attached hydrogen (secondary N) is 1. The average Bonchev–Trinajstić information content (AvgIpc) is 2.04. The molecule has 0 radical (unpaired) electrons. The lowest BCUT2D eigenvalue weighted by atomic mass is 10.1. The van der Waals surface area contributed by atoms with E-state index >= 15 is 0 Å². The second-order valence-electron chi connectivity index (χ2n) is 2.42. The summed E-state index contributed by atoms with van der Waals surface area (Å²) in [5, 5.41) is 7.55. The highest BCUT2D eigenvalue weighted by atomic mass is 32.1. The van der Waals surface area contributed by atoms with Crippen molar-refractivity contribution < 1.29 is 0 Å².